The van der Waals surface area contributed by atoms with E-state index in [9.17, 15) is 14.7 Å². The third kappa shape index (κ3) is 7.66. The molecule has 0 radical (unpaired) electrons. The van der Waals surface area contributed by atoms with E-state index in [0.29, 0.717) is 22.3 Å². The van der Waals surface area contributed by atoms with E-state index in [-0.39, 0.29) is 31.4 Å². The zero-order valence-electron chi connectivity index (χ0n) is 17.7. The molecule has 0 saturated heterocycles. The van der Waals surface area contributed by atoms with E-state index >= 15 is 0 Å². The Balaban J connectivity index is 1.89. The van der Waals surface area contributed by atoms with Crippen LogP contribution in [0, 0.1) is 0 Å². The van der Waals surface area contributed by atoms with Gasteiger partial charge in [0.1, 0.15) is 12.7 Å². The summed E-state index contributed by atoms with van der Waals surface area (Å²) in [4.78, 5) is 23.9. The number of ether oxygens (including phenoxy) is 3. The van der Waals surface area contributed by atoms with Gasteiger partial charge in [0.05, 0.1) is 26.7 Å². The average Bonchev–Trinajstić information content (AvgIpc) is 2.75. The van der Waals surface area contributed by atoms with E-state index in [2.05, 4.69) is 10.6 Å². The predicted octanol–water partition coefficient (Wildman–Crippen LogP) is 2.48. The van der Waals surface area contributed by atoms with Crippen molar-refractivity contribution >= 4 is 23.4 Å². The molecular weight excluding hydrogens is 424 g/mol. The Morgan fingerprint density at radius 3 is 2.23 bits per heavy atom. The molecule has 0 bridgehead atoms. The molecule has 8 nitrogen and oxygen atoms in total. The van der Waals surface area contributed by atoms with Crippen LogP contribution in [0.1, 0.15) is 24.9 Å². The van der Waals surface area contributed by atoms with Crippen molar-refractivity contribution in [2.75, 3.05) is 27.4 Å². The van der Waals surface area contributed by atoms with Crippen LogP contribution < -0.4 is 24.8 Å². The maximum absolute atomic E-state index is 12.4. The second-order valence-electron chi connectivity index (χ2n) is 6.77. The number of carbonyl (C=O) groups excluding carboxylic acids is 2. The smallest absolute Gasteiger partial charge is 0.222 e. The molecule has 0 heterocycles. The minimum absolute atomic E-state index is 0.00905. The standard InChI is InChI=1S/C22H27ClN2O6/c1-14(26)25-18(15-7-9-16(23)10-8-15)11-21(28)24-12-17(27)13-31-22-19(29-2)5-4-6-20(22)30-3/h4-10,17-18,27H,11-13H2,1-3H3,(H,24,28)(H,25,26). The molecule has 0 fully saturated rings. The topological polar surface area (TPSA) is 106 Å². The van der Waals surface area contributed by atoms with Crippen molar-refractivity contribution in [1.29, 1.82) is 0 Å². The summed E-state index contributed by atoms with van der Waals surface area (Å²) in [5, 5.41) is 16.2. The Morgan fingerprint density at radius 1 is 1.06 bits per heavy atom. The van der Waals surface area contributed by atoms with Crippen LogP contribution in [-0.4, -0.2) is 50.4 Å². The molecule has 9 heteroatoms. The van der Waals surface area contributed by atoms with Crippen LogP contribution in [0.15, 0.2) is 42.5 Å². The molecule has 31 heavy (non-hydrogen) atoms. The number of aliphatic hydroxyl groups is 1. The Bertz CT molecular complexity index is 853. The summed E-state index contributed by atoms with van der Waals surface area (Å²) in [6.45, 7) is 1.28. The number of carbonyl (C=O) groups is 2. The van der Waals surface area contributed by atoms with Gasteiger partial charge in [-0.05, 0) is 29.8 Å². The number of halogens is 1. The molecule has 0 aliphatic rings. The van der Waals surface area contributed by atoms with Crippen molar-refractivity contribution in [2.45, 2.75) is 25.5 Å². The van der Waals surface area contributed by atoms with Gasteiger partial charge in [-0.1, -0.05) is 29.8 Å². The zero-order valence-corrected chi connectivity index (χ0v) is 18.4. The van der Waals surface area contributed by atoms with Crippen LogP contribution in [0.2, 0.25) is 5.02 Å². The highest BCUT2D eigenvalue weighted by atomic mass is 35.5. The number of methoxy groups -OCH3 is 2. The molecule has 0 aliphatic heterocycles. The summed E-state index contributed by atoms with van der Waals surface area (Å²) in [6, 6.07) is 11.6. The molecule has 2 rings (SSSR count). The molecule has 2 atom stereocenters. The molecule has 2 amide bonds. The second-order valence-corrected chi connectivity index (χ2v) is 7.21. The minimum Gasteiger partial charge on any atom is -0.493 e. The molecule has 2 aromatic rings. The van der Waals surface area contributed by atoms with Crippen LogP contribution in [0.3, 0.4) is 0 Å². The lowest BCUT2D eigenvalue weighted by molar-refractivity contribution is -0.123. The summed E-state index contributed by atoms with van der Waals surface area (Å²) in [6.07, 6.45) is -0.955. The summed E-state index contributed by atoms with van der Waals surface area (Å²) in [7, 11) is 3.01. The van der Waals surface area contributed by atoms with E-state index in [0.717, 1.165) is 5.56 Å². The summed E-state index contributed by atoms with van der Waals surface area (Å²) >= 11 is 5.90. The number of nitrogens with one attached hydrogen (secondary N) is 2. The molecule has 0 aliphatic carbocycles. The number of hydrogen-bond donors (Lipinski definition) is 3. The minimum atomic E-state index is -0.965. The maximum atomic E-state index is 12.4. The van der Waals surface area contributed by atoms with Gasteiger partial charge in [-0.15, -0.1) is 0 Å². The number of aliphatic hydroxyl groups excluding tert-OH is 1. The van der Waals surface area contributed by atoms with Crippen LogP contribution >= 0.6 is 11.6 Å². The van der Waals surface area contributed by atoms with Gasteiger partial charge in [0.2, 0.25) is 17.6 Å². The van der Waals surface area contributed by atoms with Gasteiger partial charge in [-0.25, -0.2) is 0 Å². The van der Waals surface area contributed by atoms with E-state index in [1.165, 1.54) is 21.1 Å². The first kappa shape index (κ1) is 24.3. The Labute approximate surface area is 186 Å². The van der Waals surface area contributed by atoms with Crippen LogP contribution in [0.5, 0.6) is 17.2 Å². The molecule has 0 spiro atoms. The van der Waals surface area contributed by atoms with Gasteiger partial charge in [0, 0.05) is 18.5 Å². The first-order chi connectivity index (χ1) is 14.8. The highest BCUT2D eigenvalue weighted by molar-refractivity contribution is 6.30. The third-order valence-corrected chi connectivity index (χ3v) is 4.63. The summed E-state index contributed by atoms with van der Waals surface area (Å²) < 4.78 is 16.1. The third-order valence-electron chi connectivity index (χ3n) is 4.38. The SMILES string of the molecule is COc1cccc(OC)c1OCC(O)CNC(=O)CC(NC(C)=O)c1ccc(Cl)cc1. The van der Waals surface area contributed by atoms with Gasteiger partial charge in [-0.3, -0.25) is 9.59 Å². The van der Waals surface area contributed by atoms with Crippen LogP contribution in [0.25, 0.3) is 0 Å². The van der Waals surface area contributed by atoms with Gasteiger partial charge in [-0.2, -0.15) is 0 Å². The van der Waals surface area contributed by atoms with E-state index < -0.39 is 12.1 Å². The van der Waals surface area contributed by atoms with Crippen molar-refractivity contribution in [1.82, 2.24) is 10.6 Å². The number of rotatable bonds is 11. The van der Waals surface area contributed by atoms with Gasteiger partial charge < -0.3 is 30.0 Å². The second kappa shape index (κ2) is 12.0. The predicted molar refractivity (Wildman–Crippen MR) is 117 cm³/mol. The maximum Gasteiger partial charge on any atom is 0.222 e. The monoisotopic (exact) mass is 450 g/mol. The molecule has 2 aromatic carbocycles. The molecule has 0 saturated carbocycles. The highest BCUT2D eigenvalue weighted by Gasteiger charge is 2.19. The van der Waals surface area contributed by atoms with E-state index in [1.807, 2.05) is 0 Å². The van der Waals surface area contributed by atoms with E-state index in [1.54, 1.807) is 42.5 Å². The Hall–Kier alpha value is -2.97. The largest absolute Gasteiger partial charge is 0.493 e. The molecule has 2 unspecified atom stereocenters. The quantitative estimate of drug-likeness (QED) is 0.485. The molecule has 0 aromatic heterocycles. The lowest BCUT2D eigenvalue weighted by Gasteiger charge is -2.19. The number of benzene rings is 2. The lowest BCUT2D eigenvalue weighted by atomic mass is 10.0. The molecule has 3 N–H and O–H groups in total. The average molecular weight is 451 g/mol. The van der Waals surface area contributed by atoms with Gasteiger partial charge >= 0.3 is 0 Å². The van der Waals surface area contributed by atoms with Gasteiger partial charge in [0.15, 0.2) is 11.5 Å². The van der Waals surface area contributed by atoms with E-state index in [4.69, 9.17) is 25.8 Å². The van der Waals surface area contributed by atoms with Crippen LogP contribution in [0.4, 0.5) is 0 Å². The van der Waals surface area contributed by atoms with Crippen molar-refractivity contribution < 1.29 is 28.9 Å². The fourth-order valence-electron chi connectivity index (χ4n) is 2.88. The first-order valence-electron chi connectivity index (χ1n) is 9.65. The Morgan fingerprint density at radius 2 is 1.68 bits per heavy atom. The normalized spacial score (nSPS) is 12.4. The van der Waals surface area contributed by atoms with Gasteiger partial charge in [0.25, 0.3) is 0 Å². The molecular formula is C22H27ClN2O6. The number of hydrogen-bond acceptors (Lipinski definition) is 6. The summed E-state index contributed by atoms with van der Waals surface area (Å²) in [5.41, 5.74) is 0.752. The molecule has 168 valence electrons. The van der Waals surface area contributed by atoms with Crippen molar-refractivity contribution in [3.63, 3.8) is 0 Å². The Kier molecular flexibility index (Phi) is 9.42. The number of para-hydroxylation sites is 1. The number of amides is 2. The first-order valence-corrected chi connectivity index (χ1v) is 10.0. The van der Waals surface area contributed by atoms with Crippen molar-refractivity contribution in [3.8, 4) is 17.2 Å². The zero-order chi connectivity index (χ0) is 22.8. The fourth-order valence-corrected chi connectivity index (χ4v) is 3.01. The highest BCUT2D eigenvalue weighted by Crippen LogP contribution is 2.36. The van der Waals surface area contributed by atoms with Crippen molar-refractivity contribution in [2.24, 2.45) is 0 Å². The van der Waals surface area contributed by atoms with Crippen molar-refractivity contribution in [3.05, 3.63) is 53.1 Å². The fraction of sp³-hybridized carbons (Fsp3) is 0.364. The lowest BCUT2D eigenvalue weighted by Crippen LogP contribution is -2.38. The van der Waals surface area contributed by atoms with Crippen LogP contribution in [-0.2, 0) is 9.59 Å². The summed E-state index contributed by atoms with van der Waals surface area (Å²) in [5.74, 6) is 0.717.